The average Bonchev–Trinajstić information content (AvgIpc) is 2.10. The van der Waals surface area contributed by atoms with Crippen molar-refractivity contribution in [2.45, 2.75) is 52.0 Å². The molecule has 5 heteroatoms. The van der Waals surface area contributed by atoms with Gasteiger partial charge in [0, 0.05) is 19.0 Å². The Hall–Kier alpha value is -1.10. The number of aliphatic carboxylic acids is 1. The fourth-order valence-corrected chi connectivity index (χ4v) is 2.30. The summed E-state index contributed by atoms with van der Waals surface area (Å²) in [4.78, 5) is 24.6. The minimum atomic E-state index is -0.884. The SMILES string of the molecule is CC(C)(CC(=O)O)CC(=O)N(CCO)C1CCC1. The van der Waals surface area contributed by atoms with E-state index in [0.717, 1.165) is 19.3 Å². The summed E-state index contributed by atoms with van der Waals surface area (Å²) in [5.41, 5.74) is -0.541. The Morgan fingerprint density at radius 1 is 1.28 bits per heavy atom. The van der Waals surface area contributed by atoms with Crippen molar-refractivity contribution in [2.24, 2.45) is 5.41 Å². The van der Waals surface area contributed by atoms with Crippen molar-refractivity contribution < 1.29 is 19.8 Å². The van der Waals surface area contributed by atoms with Gasteiger partial charge in [0.05, 0.1) is 13.0 Å². The summed E-state index contributed by atoms with van der Waals surface area (Å²) in [5, 5.41) is 17.8. The van der Waals surface area contributed by atoms with Crippen molar-refractivity contribution in [3.63, 3.8) is 0 Å². The zero-order valence-electron chi connectivity index (χ0n) is 11.2. The molecule has 1 amide bonds. The summed E-state index contributed by atoms with van der Waals surface area (Å²) in [6.07, 6.45) is 3.31. The lowest BCUT2D eigenvalue weighted by Gasteiger charge is -2.38. The second-order valence-electron chi connectivity index (χ2n) is 5.81. The molecule has 0 spiro atoms. The molecule has 18 heavy (non-hydrogen) atoms. The Labute approximate surface area is 108 Å². The van der Waals surface area contributed by atoms with Crippen LogP contribution in [0.4, 0.5) is 0 Å². The van der Waals surface area contributed by atoms with Gasteiger partial charge in [-0.15, -0.1) is 0 Å². The van der Waals surface area contributed by atoms with Gasteiger partial charge in [-0.1, -0.05) is 13.8 Å². The third-order valence-corrected chi connectivity index (χ3v) is 3.44. The highest BCUT2D eigenvalue weighted by Crippen LogP contribution is 2.30. The van der Waals surface area contributed by atoms with Crippen LogP contribution in [0.15, 0.2) is 0 Å². The van der Waals surface area contributed by atoms with Crippen LogP contribution in [0, 0.1) is 5.41 Å². The summed E-state index contributed by atoms with van der Waals surface area (Å²) < 4.78 is 0. The molecule has 0 unspecified atom stereocenters. The fraction of sp³-hybridized carbons (Fsp3) is 0.846. The maximum Gasteiger partial charge on any atom is 0.303 e. The molecular weight excluding hydrogens is 234 g/mol. The smallest absolute Gasteiger partial charge is 0.303 e. The number of hydrogen-bond acceptors (Lipinski definition) is 3. The standard InChI is InChI=1S/C13H23NO4/c1-13(2,9-12(17)18)8-11(16)14(6-7-15)10-4-3-5-10/h10,15H,3-9H2,1-2H3,(H,17,18). The molecule has 0 bridgehead atoms. The number of aliphatic hydroxyl groups is 1. The highest BCUT2D eigenvalue weighted by Gasteiger charge is 2.32. The van der Waals surface area contributed by atoms with Gasteiger partial charge in [-0.3, -0.25) is 9.59 Å². The van der Waals surface area contributed by atoms with Gasteiger partial charge in [0.1, 0.15) is 0 Å². The van der Waals surface area contributed by atoms with Crippen LogP contribution in [-0.4, -0.2) is 46.2 Å². The molecule has 0 saturated heterocycles. The quantitative estimate of drug-likeness (QED) is 0.719. The van der Waals surface area contributed by atoms with Crippen LogP contribution < -0.4 is 0 Å². The van der Waals surface area contributed by atoms with Crippen molar-refractivity contribution in [1.29, 1.82) is 0 Å². The Balaban J connectivity index is 2.57. The molecule has 0 atom stereocenters. The molecule has 1 rings (SSSR count). The first-order valence-electron chi connectivity index (χ1n) is 6.48. The van der Waals surface area contributed by atoms with E-state index in [1.54, 1.807) is 18.7 Å². The predicted octanol–water partition coefficient (Wildman–Crippen LogP) is 1.25. The third-order valence-electron chi connectivity index (χ3n) is 3.44. The fourth-order valence-electron chi connectivity index (χ4n) is 2.30. The van der Waals surface area contributed by atoms with E-state index in [9.17, 15) is 9.59 Å². The van der Waals surface area contributed by atoms with Crippen molar-refractivity contribution in [3.8, 4) is 0 Å². The largest absolute Gasteiger partial charge is 0.481 e. The average molecular weight is 257 g/mol. The van der Waals surface area contributed by atoms with Crippen molar-refractivity contribution in [2.75, 3.05) is 13.2 Å². The molecule has 0 aliphatic heterocycles. The van der Waals surface area contributed by atoms with Gasteiger partial charge < -0.3 is 15.1 Å². The number of aliphatic hydroxyl groups excluding tert-OH is 1. The van der Waals surface area contributed by atoms with Crippen molar-refractivity contribution in [3.05, 3.63) is 0 Å². The van der Waals surface area contributed by atoms with E-state index < -0.39 is 11.4 Å². The van der Waals surface area contributed by atoms with Crippen LogP contribution in [0.5, 0.6) is 0 Å². The van der Waals surface area contributed by atoms with Crippen LogP contribution >= 0.6 is 0 Å². The van der Waals surface area contributed by atoms with Crippen molar-refractivity contribution in [1.82, 2.24) is 4.90 Å². The first-order valence-corrected chi connectivity index (χ1v) is 6.48. The van der Waals surface area contributed by atoms with Gasteiger partial charge in [0.25, 0.3) is 0 Å². The molecule has 0 aromatic rings. The summed E-state index contributed by atoms with van der Waals surface area (Å²) in [5.74, 6) is -0.926. The summed E-state index contributed by atoms with van der Waals surface area (Å²) in [6.45, 7) is 3.89. The Morgan fingerprint density at radius 3 is 2.28 bits per heavy atom. The second kappa shape index (κ2) is 6.18. The molecule has 1 aliphatic carbocycles. The zero-order valence-corrected chi connectivity index (χ0v) is 11.2. The first kappa shape index (κ1) is 15.0. The van der Waals surface area contributed by atoms with Gasteiger partial charge in [0.2, 0.25) is 5.91 Å². The van der Waals surface area contributed by atoms with E-state index in [4.69, 9.17) is 10.2 Å². The maximum absolute atomic E-state index is 12.2. The number of rotatable bonds is 7. The molecule has 5 nitrogen and oxygen atoms in total. The van der Waals surface area contributed by atoms with Crippen LogP contribution in [0.3, 0.4) is 0 Å². The highest BCUT2D eigenvalue weighted by atomic mass is 16.4. The van der Waals surface area contributed by atoms with Gasteiger partial charge in [0.15, 0.2) is 0 Å². The molecule has 104 valence electrons. The minimum Gasteiger partial charge on any atom is -0.481 e. The van der Waals surface area contributed by atoms with E-state index in [2.05, 4.69) is 0 Å². The summed E-state index contributed by atoms with van der Waals surface area (Å²) in [6, 6.07) is 0.241. The van der Waals surface area contributed by atoms with E-state index >= 15 is 0 Å². The minimum absolute atomic E-state index is 0.0175. The van der Waals surface area contributed by atoms with Crippen LogP contribution in [-0.2, 0) is 9.59 Å². The number of hydrogen-bond donors (Lipinski definition) is 2. The number of amides is 1. The highest BCUT2D eigenvalue weighted by molar-refractivity contribution is 5.78. The van der Waals surface area contributed by atoms with Crippen LogP contribution in [0.25, 0.3) is 0 Å². The molecule has 2 N–H and O–H groups in total. The van der Waals surface area contributed by atoms with E-state index in [1.807, 2.05) is 0 Å². The maximum atomic E-state index is 12.2. The third kappa shape index (κ3) is 4.29. The number of carboxylic acid groups (broad SMARTS) is 1. The molecule has 0 heterocycles. The second-order valence-corrected chi connectivity index (χ2v) is 5.81. The van der Waals surface area contributed by atoms with Gasteiger partial charge in [-0.25, -0.2) is 0 Å². The normalized spacial score (nSPS) is 16.2. The summed E-state index contributed by atoms with van der Waals surface area (Å²) in [7, 11) is 0. The molecule has 1 aliphatic rings. The number of carbonyl (C=O) groups excluding carboxylic acids is 1. The molecular formula is C13H23NO4. The number of nitrogens with zero attached hydrogens (tertiary/aromatic N) is 1. The number of carbonyl (C=O) groups is 2. The summed E-state index contributed by atoms with van der Waals surface area (Å²) >= 11 is 0. The van der Waals surface area contributed by atoms with E-state index in [1.165, 1.54) is 0 Å². The first-order chi connectivity index (χ1) is 8.35. The Kier molecular flexibility index (Phi) is 5.14. The lowest BCUT2D eigenvalue weighted by molar-refractivity contribution is -0.142. The lowest BCUT2D eigenvalue weighted by atomic mass is 9.84. The zero-order chi connectivity index (χ0) is 13.8. The van der Waals surface area contributed by atoms with Gasteiger partial charge in [-0.2, -0.15) is 0 Å². The molecule has 1 fully saturated rings. The van der Waals surface area contributed by atoms with Gasteiger partial charge in [-0.05, 0) is 24.7 Å². The Bertz CT molecular complexity index is 310. The lowest BCUT2D eigenvalue weighted by Crippen LogP contribution is -2.46. The number of carboxylic acids is 1. The van der Waals surface area contributed by atoms with Crippen LogP contribution in [0.2, 0.25) is 0 Å². The van der Waals surface area contributed by atoms with Gasteiger partial charge >= 0.3 is 5.97 Å². The predicted molar refractivity (Wildman–Crippen MR) is 67.1 cm³/mol. The topological polar surface area (TPSA) is 77.8 Å². The molecule has 1 saturated carbocycles. The van der Waals surface area contributed by atoms with E-state index in [-0.39, 0.29) is 31.4 Å². The molecule has 0 radical (unpaired) electrons. The van der Waals surface area contributed by atoms with Crippen molar-refractivity contribution >= 4 is 11.9 Å². The van der Waals surface area contributed by atoms with E-state index in [0.29, 0.717) is 6.54 Å². The molecule has 0 aromatic carbocycles. The van der Waals surface area contributed by atoms with Crippen LogP contribution in [0.1, 0.15) is 46.0 Å². The Morgan fingerprint density at radius 2 is 1.89 bits per heavy atom. The molecule has 0 aromatic heterocycles. The monoisotopic (exact) mass is 257 g/mol.